The molecule has 2 rings (SSSR count). The maximum atomic E-state index is 5.68. The van der Waals surface area contributed by atoms with E-state index in [9.17, 15) is 0 Å². The first-order valence-corrected chi connectivity index (χ1v) is 4.42. The summed E-state index contributed by atoms with van der Waals surface area (Å²) in [5.74, 6) is 1.71. The first-order valence-electron chi connectivity index (χ1n) is 4.42. The molecule has 78 valence electrons. The molecule has 3 N–H and O–H groups in total. The average molecular weight is 205 g/mol. The highest BCUT2D eigenvalue weighted by atomic mass is 16.5. The fourth-order valence-electron chi connectivity index (χ4n) is 1.23. The highest BCUT2D eigenvalue weighted by molar-refractivity contribution is 5.84. The van der Waals surface area contributed by atoms with Gasteiger partial charge in [0.15, 0.2) is 11.6 Å². The summed E-state index contributed by atoms with van der Waals surface area (Å²) in [6.45, 7) is 1.82. The van der Waals surface area contributed by atoms with Crippen molar-refractivity contribution in [3.8, 4) is 11.5 Å². The molecule has 0 saturated heterocycles. The van der Waals surface area contributed by atoms with E-state index in [1.807, 2.05) is 6.92 Å². The lowest BCUT2D eigenvalue weighted by molar-refractivity contribution is 0.399. The van der Waals surface area contributed by atoms with Gasteiger partial charge < -0.3 is 15.2 Å². The summed E-state index contributed by atoms with van der Waals surface area (Å²) in [4.78, 5) is 11.0. The highest BCUT2D eigenvalue weighted by Gasteiger charge is 2.10. The molecule has 0 amide bonds. The van der Waals surface area contributed by atoms with Crippen molar-refractivity contribution in [2.75, 3.05) is 12.8 Å². The van der Waals surface area contributed by atoms with Crippen LogP contribution >= 0.6 is 0 Å². The topological polar surface area (TPSA) is 93.1 Å². The van der Waals surface area contributed by atoms with Crippen LogP contribution in [0.4, 0.5) is 5.82 Å². The summed E-state index contributed by atoms with van der Waals surface area (Å²) in [5.41, 5.74) is 6.99. The molecule has 0 aliphatic rings. The van der Waals surface area contributed by atoms with Crippen LogP contribution in [-0.2, 0) is 0 Å². The number of aromatic nitrogens is 3. The Balaban J connectivity index is 2.42. The van der Waals surface area contributed by atoms with Crippen LogP contribution in [0.3, 0.4) is 0 Å². The van der Waals surface area contributed by atoms with E-state index in [0.29, 0.717) is 23.0 Å². The molecule has 2 aromatic heterocycles. The lowest BCUT2D eigenvalue weighted by Gasteiger charge is -1.85. The molecule has 0 saturated carbocycles. The van der Waals surface area contributed by atoms with E-state index >= 15 is 0 Å². The van der Waals surface area contributed by atoms with Gasteiger partial charge in [-0.05, 0) is 6.92 Å². The molecule has 0 unspecified atom stereocenters. The van der Waals surface area contributed by atoms with E-state index in [1.165, 1.54) is 0 Å². The molecule has 2 heterocycles. The zero-order valence-electron chi connectivity index (χ0n) is 8.48. The smallest absolute Gasteiger partial charge is 0.162 e. The van der Waals surface area contributed by atoms with Crippen molar-refractivity contribution in [1.82, 2.24) is 15.1 Å². The maximum absolute atomic E-state index is 5.68. The summed E-state index contributed by atoms with van der Waals surface area (Å²) >= 11 is 0. The van der Waals surface area contributed by atoms with Crippen LogP contribution in [0.5, 0.6) is 0 Å². The molecule has 15 heavy (non-hydrogen) atoms. The van der Waals surface area contributed by atoms with Crippen molar-refractivity contribution in [2.24, 2.45) is 4.99 Å². The van der Waals surface area contributed by atoms with Gasteiger partial charge in [-0.15, -0.1) is 0 Å². The number of nitrogens with one attached hydrogen (secondary N) is 1. The zero-order chi connectivity index (χ0) is 10.8. The van der Waals surface area contributed by atoms with Gasteiger partial charge in [0.05, 0.1) is 0 Å². The predicted octanol–water partition coefficient (Wildman–Crippen LogP) is 1.00. The highest BCUT2D eigenvalue weighted by Crippen LogP contribution is 2.18. The summed E-state index contributed by atoms with van der Waals surface area (Å²) in [6, 6.07) is 1.78. The SMILES string of the molecule is CN=Cc1[nH]c(-c2cc(C)on2)nc1N. The molecule has 0 aliphatic carbocycles. The Hall–Kier alpha value is -2.11. The Bertz CT molecular complexity index is 496. The Kier molecular flexibility index (Phi) is 2.24. The van der Waals surface area contributed by atoms with Crippen LogP contribution in [0.15, 0.2) is 15.6 Å². The molecule has 6 heteroatoms. The van der Waals surface area contributed by atoms with Crippen molar-refractivity contribution in [2.45, 2.75) is 6.92 Å². The quantitative estimate of drug-likeness (QED) is 0.715. The average Bonchev–Trinajstić information content (AvgIpc) is 2.75. The minimum Gasteiger partial charge on any atom is -0.382 e. The lowest BCUT2D eigenvalue weighted by Crippen LogP contribution is -1.90. The fourth-order valence-corrected chi connectivity index (χ4v) is 1.23. The Morgan fingerprint density at radius 2 is 2.40 bits per heavy atom. The first kappa shape index (κ1) is 9.45. The number of nitrogen functional groups attached to an aromatic ring is 1. The number of nitrogens with zero attached hydrogens (tertiary/aromatic N) is 3. The number of aromatic amines is 1. The number of rotatable bonds is 2. The van der Waals surface area contributed by atoms with E-state index in [1.54, 1.807) is 19.3 Å². The second-order valence-electron chi connectivity index (χ2n) is 3.09. The Morgan fingerprint density at radius 3 is 3.00 bits per heavy atom. The fraction of sp³-hybridized carbons (Fsp3) is 0.222. The maximum Gasteiger partial charge on any atom is 0.162 e. The van der Waals surface area contributed by atoms with Crippen LogP contribution in [0.2, 0.25) is 0 Å². The standard InChI is InChI=1S/C9H11N5O/c1-5-3-6(14-15-5)9-12-7(4-11-2)8(10)13-9/h3-4H,10H2,1-2H3,(H,12,13). The van der Waals surface area contributed by atoms with Crippen molar-refractivity contribution in [3.63, 3.8) is 0 Å². The molecule has 0 aromatic carbocycles. The molecular weight excluding hydrogens is 194 g/mol. The van der Waals surface area contributed by atoms with Crippen LogP contribution in [-0.4, -0.2) is 28.4 Å². The Morgan fingerprint density at radius 1 is 1.60 bits per heavy atom. The van der Waals surface area contributed by atoms with Crippen LogP contribution in [0.25, 0.3) is 11.5 Å². The van der Waals surface area contributed by atoms with Gasteiger partial charge in [0.1, 0.15) is 17.1 Å². The third-order valence-electron chi connectivity index (χ3n) is 1.89. The zero-order valence-corrected chi connectivity index (χ0v) is 8.48. The van der Waals surface area contributed by atoms with Crippen molar-refractivity contribution >= 4 is 12.0 Å². The summed E-state index contributed by atoms with van der Waals surface area (Å²) in [6.07, 6.45) is 1.61. The molecule has 6 nitrogen and oxygen atoms in total. The van der Waals surface area contributed by atoms with E-state index in [0.717, 1.165) is 5.76 Å². The number of nitrogens with two attached hydrogens (primary N) is 1. The van der Waals surface area contributed by atoms with E-state index in [2.05, 4.69) is 20.1 Å². The number of hydrogen-bond acceptors (Lipinski definition) is 5. The van der Waals surface area contributed by atoms with Crippen molar-refractivity contribution in [1.29, 1.82) is 0 Å². The molecule has 0 aliphatic heterocycles. The third kappa shape index (κ3) is 1.74. The van der Waals surface area contributed by atoms with Crippen LogP contribution in [0.1, 0.15) is 11.5 Å². The van der Waals surface area contributed by atoms with Gasteiger partial charge in [-0.1, -0.05) is 5.16 Å². The van der Waals surface area contributed by atoms with Crippen LogP contribution in [0, 0.1) is 6.92 Å². The van der Waals surface area contributed by atoms with Gasteiger partial charge in [0.25, 0.3) is 0 Å². The number of aliphatic imine (C=N–C) groups is 1. The molecule has 0 atom stereocenters. The van der Waals surface area contributed by atoms with Gasteiger partial charge in [0, 0.05) is 19.3 Å². The van der Waals surface area contributed by atoms with Gasteiger partial charge in [-0.2, -0.15) is 0 Å². The number of H-pyrrole nitrogens is 1. The van der Waals surface area contributed by atoms with E-state index in [4.69, 9.17) is 10.3 Å². The minimum atomic E-state index is 0.399. The van der Waals surface area contributed by atoms with Crippen molar-refractivity contribution in [3.05, 3.63) is 17.5 Å². The monoisotopic (exact) mass is 205 g/mol. The molecular formula is C9H11N5O. The van der Waals surface area contributed by atoms with E-state index in [-0.39, 0.29) is 0 Å². The third-order valence-corrected chi connectivity index (χ3v) is 1.89. The number of hydrogen-bond donors (Lipinski definition) is 2. The number of imidazole rings is 1. The summed E-state index contributed by atoms with van der Waals surface area (Å²) in [7, 11) is 1.67. The van der Waals surface area contributed by atoms with E-state index < -0.39 is 0 Å². The van der Waals surface area contributed by atoms with Gasteiger partial charge in [-0.3, -0.25) is 4.99 Å². The molecule has 2 aromatic rings. The number of aryl methyl sites for hydroxylation is 1. The second kappa shape index (κ2) is 3.56. The van der Waals surface area contributed by atoms with Gasteiger partial charge in [0.2, 0.25) is 0 Å². The minimum absolute atomic E-state index is 0.399. The largest absolute Gasteiger partial charge is 0.382 e. The molecule has 0 fully saturated rings. The predicted molar refractivity (Wildman–Crippen MR) is 56.8 cm³/mol. The second-order valence-corrected chi connectivity index (χ2v) is 3.09. The summed E-state index contributed by atoms with van der Waals surface area (Å²) in [5, 5.41) is 3.83. The number of anilines is 1. The molecule has 0 bridgehead atoms. The van der Waals surface area contributed by atoms with Gasteiger partial charge >= 0.3 is 0 Å². The normalized spacial score (nSPS) is 11.3. The van der Waals surface area contributed by atoms with Crippen molar-refractivity contribution < 1.29 is 4.52 Å². The molecule has 0 spiro atoms. The Labute approximate surface area is 86.2 Å². The summed E-state index contributed by atoms with van der Waals surface area (Å²) < 4.78 is 4.94. The van der Waals surface area contributed by atoms with Crippen LogP contribution < -0.4 is 5.73 Å². The lowest BCUT2D eigenvalue weighted by atomic mass is 10.4. The van der Waals surface area contributed by atoms with Gasteiger partial charge in [-0.25, -0.2) is 4.98 Å². The molecule has 0 radical (unpaired) electrons. The first-order chi connectivity index (χ1) is 7.20.